The van der Waals surface area contributed by atoms with Gasteiger partial charge in [-0.05, 0) is 6.07 Å². The van der Waals surface area contributed by atoms with Gasteiger partial charge in [0.2, 0.25) is 5.75 Å². The van der Waals surface area contributed by atoms with Crippen LogP contribution in [0.15, 0.2) is 18.2 Å². The number of amides is 1. The Labute approximate surface area is 114 Å². The number of rotatable bonds is 6. The van der Waals surface area contributed by atoms with E-state index in [1.165, 1.54) is 23.9 Å². The largest absolute Gasteiger partial charge is 0.502 e. The standard InChI is InChI=1S/C12H12N2O4S/c1-2-7-19-8-6-13-12(16)9-4-3-5-10(11(9)15)14(17)18/h1,3-5,15H,6-8H2,(H,13,16). The van der Waals surface area contributed by atoms with E-state index in [1.807, 2.05) is 0 Å². The smallest absolute Gasteiger partial charge is 0.311 e. The summed E-state index contributed by atoms with van der Waals surface area (Å²) < 4.78 is 0. The van der Waals surface area contributed by atoms with Crippen LogP contribution in [0.25, 0.3) is 0 Å². The molecule has 0 unspecified atom stereocenters. The maximum absolute atomic E-state index is 11.7. The number of phenols is 1. The quantitative estimate of drug-likeness (QED) is 0.355. The Morgan fingerprint density at radius 1 is 1.58 bits per heavy atom. The van der Waals surface area contributed by atoms with Crippen molar-refractivity contribution in [1.29, 1.82) is 0 Å². The number of nitro benzene ring substituents is 1. The molecule has 7 heteroatoms. The minimum Gasteiger partial charge on any atom is -0.502 e. The summed E-state index contributed by atoms with van der Waals surface area (Å²) in [5.41, 5.74) is -0.606. The van der Waals surface area contributed by atoms with Crippen LogP contribution in [0.5, 0.6) is 5.75 Å². The molecular weight excluding hydrogens is 268 g/mol. The first kappa shape index (κ1) is 14.9. The van der Waals surface area contributed by atoms with Crippen LogP contribution in [0.4, 0.5) is 5.69 Å². The molecule has 1 aromatic rings. The number of hydrogen-bond donors (Lipinski definition) is 2. The fourth-order valence-electron chi connectivity index (χ4n) is 1.32. The van der Waals surface area contributed by atoms with Gasteiger partial charge in [-0.25, -0.2) is 0 Å². The van der Waals surface area contributed by atoms with E-state index in [4.69, 9.17) is 6.42 Å². The molecule has 0 bridgehead atoms. The zero-order chi connectivity index (χ0) is 14.3. The molecule has 0 heterocycles. The van der Waals surface area contributed by atoms with E-state index in [2.05, 4.69) is 11.2 Å². The number of carbonyl (C=O) groups excluding carboxylic acids is 1. The second kappa shape index (κ2) is 7.28. The van der Waals surface area contributed by atoms with Gasteiger partial charge in [0, 0.05) is 18.4 Å². The van der Waals surface area contributed by atoms with Gasteiger partial charge in [-0.1, -0.05) is 12.0 Å². The molecule has 0 radical (unpaired) electrons. The molecular formula is C12H12N2O4S. The molecule has 0 aliphatic carbocycles. The van der Waals surface area contributed by atoms with Crippen molar-refractivity contribution in [3.8, 4) is 18.1 Å². The Morgan fingerprint density at radius 2 is 2.32 bits per heavy atom. The van der Waals surface area contributed by atoms with Gasteiger partial charge in [-0.15, -0.1) is 18.2 Å². The van der Waals surface area contributed by atoms with Gasteiger partial charge in [0.05, 0.1) is 16.2 Å². The zero-order valence-electron chi connectivity index (χ0n) is 9.96. The Balaban J connectivity index is 2.65. The second-order valence-electron chi connectivity index (χ2n) is 3.44. The van der Waals surface area contributed by atoms with Gasteiger partial charge < -0.3 is 10.4 Å². The number of nitrogens with one attached hydrogen (secondary N) is 1. The molecule has 0 fully saturated rings. The maximum Gasteiger partial charge on any atom is 0.311 e. The topological polar surface area (TPSA) is 92.5 Å². The number of nitrogens with zero attached hydrogens (tertiary/aromatic N) is 1. The number of nitro groups is 1. The summed E-state index contributed by atoms with van der Waals surface area (Å²) in [5.74, 6) is 2.46. The van der Waals surface area contributed by atoms with Crippen LogP contribution in [0.2, 0.25) is 0 Å². The minimum atomic E-state index is -0.741. The monoisotopic (exact) mass is 280 g/mol. The average molecular weight is 280 g/mol. The maximum atomic E-state index is 11.7. The summed E-state index contributed by atoms with van der Waals surface area (Å²) >= 11 is 1.48. The van der Waals surface area contributed by atoms with Gasteiger partial charge >= 0.3 is 5.69 Å². The van der Waals surface area contributed by atoms with E-state index in [0.29, 0.717) is 18.1 Å². The average Bonchev–Trinajstić information content (AvgIpc) is 2.38. The molecule has 0 spiro atoms. The van der Waals surface area contributed by atoms with Crippen molar-refractivity contribution in [3.63, 3.8) is 0 Å². The number of benzene rings is 1. The van der Waals surface area contributed by atoms with Crippen LogP contribution < -0.4 is 5.32 Å². The lowest BCUT2D eigenvalue weighted by Gasteiger charge is -2.06. The molecule has 0 aliphatic heterocycles. The van der Waals surface area contributed by atoms with Crippen molar-refractivity contribution in [2.75, 3.05) is 18.1 Å². The molecule has 19 heavy (non-hydrogen) atoms. The van der Waals surface area contributed by atoms with Crippen LogP contribution in [0, 0.1) is 22.5 Å². The third kappa shape index (κ3) is 4.19. The lowest BCUT2D eigenvalue weighted by molar-refractivity contribution is -0.385. The number of para-hydroxylation sites is 1. The van der Waals surface area contributed by atoms with E-state index >= 15 is 0 Å². The molecule has 1 amide bonds. The van der Waals surface area contributed by atoms with Crippen molar-refractivity contribution in [1.82, 2.24) is 5.32 Å². The van der Waals surface area contributed by atoms with E-state index in [1.54, 1.807) is 0 Å². The highest BCUT2D eigenvalue weighted by Gasteiger charge is 2.20. The summed E-state index contributed by atoms with van der Waals surface area (Å²) in [6.45, 7) is 0.368. The zero-order valence-corrected chi connectivity index (χ0v) is 10.8. The number of phenolic OH excluding ortho intramolecular Hbond substituents is 1. The Hall–Kier alpha value is -2.20. The summed E-state index contributed by atoms with van der Waals surface area (Å²) in [5, 5.41) is 22.8. The predicted molar refractivity (Wildman–Crippen MR) is 73.3 cm³/mol. The van der Waals surface area contributed by atoms with E-state index in [0.717, 1.165) is 6.07 Å². The van der Waals surface area contributed by atoms with Gasteiger partial charge in [0.1, 0.15) is 0 Å². The minimum absolute atomic E-state index is 0.115. The summed E-state index contributed by atoms with van der Waals surface area (Å²) in [6, 6.07) is 3.81. The number of carbonyl (C=O) groups is 1. The first-order chi connectivity index (χ1) is 9.07. The summed E-state index contributed by atoms with van der Waals surface area (Å²) in [7, 11) is 0. The normalized spacial score (nSPS) is 9.63. The van der Waals surface area contributed by atoms with Crippen LogP contribution >= 0.6 is 11.8 Å². The van der Waals surface area contributed by atoms with E-state index in [-0.39, 0.29) is 5.56 Å². The van der Waals surface area contributed by atoms with Crippen LogP contribution in [0.3, 0.4) is 0 Å². The molecule has 0 aromatic heterocycles. The van der Waals surface area contributed by atoms with Gasteiger partial charge in [0.15, 0.2) is 0 Å². The summed E-state index contributed by atoms with van der Waals surface area (Å²) in [4.78, 5) is 21.6. The van der Waals surface area contributed by atoms with Crippen molar-refractivity contribution in [2.45, 2.75) is 0 Å². The number of terminal acetylenes is 1. The molecule has 0 saturated carbocycles. The number of aromatic hydroxyl groups is 1. The second-order valence-corrected chi connectivity index (χ2v) is 4.55. The molecule has 6 nitrogen and oxygen atoms in total. The Morgan fingerprint density at radius 3 is 2.95 bits per heavy atom. The van der Waals surface area contributed by atoms with Gasteiger partial charge in [-0.2, -0.15) is 0 Å². The van der Waals surface area contributed by atoms with E-state index < -0.39 is 22.3 Å². The third-order valence-corrected chi connectivity index (χ3v) is 3.04. The highest BCUT2D eigenvalue weighted by Crippen LogP contribution is 2.28. The fraction of sp³-hybridized carbons (Fsp3) is 0.250. The number of thioether (sulfide) groups is 1. The van der Waals surface area contributed by atoms with Gasteiger partial charge in [-0.3, -0.25) is 14.9 Å². The van der Waals surface area contributed by atoms with Gasteiger partial charge in [0.25, 0.3) is 5.91 Å². The van der Waals surface area contributed by atoms with Crippen LogP contribution in [0.1, 0.15) is 10.4 Å². The third-order valence-electron chi connectivity index (χ3n) is 2.17. The fourth-order valence-corrected chi connectivity index (χ4v) is 1.83. The highest BCUT2D eigenvalue weighted by atomic mass is 32.2. The molecule has 1 rings (SSSR count). The lowest BCUT2D eigenvalue weighted by Crippen LogP contribution is -2.26. The molecule has 2 N–H and O–H groups in total. The molecule has 100 valence electrons. The van der Waals surface area contributed by atoms with Crippen LogP contribution in [-0.4, -0.2) is 34.0 Å². The van der Waals surface area contributed by atoms with Crippen LogP contribution in [-0.2, 0) is 0 Å². The SMILES string of the molecule is C#CCSCCNC(=O)c1cccc([N+](=O)[O-])c1O. The Kier molecular flexibility index (Phi) is 5.70. The van der Waals surface area contributed by atoms with Crippen molar-refractivity contribution >= 4 is 23.4 Å². The van der Waals surface area contributed by atoms with Crippen molar-refractivity contribution in [2.24, 2.45) is 0 Å². The Bertz CT molecular complexity index is 525. The highest BCUT2D eigenvalue weighted by molar-refractivity contribution is 7.99. The van der Waals surface area contributed by atoms with Crippen molar-refractivity contribution < 1.29 is 14.8 Å². The predicted octanol–water partition coefficient (Wildman–Crippen LogP) is 1.40. The number of hydrogen-bond acceptors (Lipinski definition) is 5. The molecule has 1 aromatic carbocycles. The first-order valence-electron chi connectivity index (χ1n) is 5.33. The first-order valence-corrected chi connectivity index (χ1v) is 6.49. The van der Waals surface area contributed by atoms with Crippen molar-refractivity contribution in [3.05, 3.63) is 33.9 Å². The molecule has 0 saturated heterocycles. The molecule has 0 atom stereocenters. The van der Waals surface area contributed by atoms with E-state index in [9.17, 15) is 20.0 Å². The lowest BCUT2D eigenvalue weighted by atomic mass is 10.1. The summed E-state index contributed by atoms with van der Waals surface area (Å²) in [6.07, 6.45) is 5.07. The molecule has 0 aliphatic rings.